The standard InChI is InChI=1S/C21H23N5O/c22-17-7-3-6-16(14-17)19-15-25-12-5-13-26(21(25)24-19)20(27)10-4-9-18-8-1-2-11-23-18/h1-3,6-8,11,14-15H,4-5,9-10,12-13,22H2. The minimum Gasteiger partial charge on any atom is -0.399 e. The van der Waals surface area contributed by atoms with Gasteiger partial charge in [-0.2, -0.15) is 0 Å². The van der Waals surface area contributed by atoms with E-state index >= 15 is 0 Å². The average Bonchev–Trinajstić information content (AvgIpc) is 3.13. The first-order valence-electron chi connectivity index (χ1n) is 9.34. The molecule has 0 atom stereocenters. The number of imidazole rings is 1. The Labute approximate surface area is 158 Å². The summed E-state index contributed by atoms with van der Waals surface area (Å²) in [5.41, 5.74) is 9.45. The normalized spacial score (nSPS) is 13.4. The molecule has 1 aliphatic rings. The molecule has 0 unspecified atom stereocenters. The summed E-state index contributed by atoms with van der Waals surface area (Å²) in [6.45, 7) is 1.60. The number of fused-ring (bicyclic) bond motifs is 1. The van der Waals surface area contributed by atoms with Crippen molar-refractivity contribution in [1.82, 2.24) is 14.5 Å². The van der Waals surface area contributed by atoms with Crippen molar-refractivity contribution in [2.45, 2.75) is 32.2 Å². The Bertz CT molecular complexity index is 935. The van der Waals surface area contributed by atoms with Crippen molar-refractivity contribution in [3.05, 3.63) is 60.6 Å². The molecule has 2 N–H and O–H groups in total. The molecular formula is C21H23N5O. The molecule has 138 valence electrons. The predicted octanol–water partition coefficient (Wildman–Crippen LogP) is 3.29. The molecule has 3 heterocycles. The number of rotatable bonds is 5. The molecule has 0 spiro atoms. The maximum atomic E-state index is 12.8. The van der Waals surface area contributed by atoms with Crippen molar-refractivity contribution in [1.29, 1.82) is 0 Å². The number of nitrogens with zero attached hydrogens (tertiary/aromatic N) is 4. The fourth-order valence-electron chi connectivity index (χ4n) is 3.46. The van der Waals surface area contributed by atoms with Crippen molar-refractivity contribution in [2.24, 2.45) is 0 Å². The van der Waals surface area contributed by atoms with Crippen LogP contribution in [0.25, 0.3) is 11.3 Å². The molecule has 6 nitrogen and oxygen atoms in total. The van der Waals surface area contributed by atoms with E-state index in [0.29, 0.717) is 12.1 Å². The zero-order valence-electron chi connectivity index (χ0n) is 15.2. The van der Waals surface area contributed by atoms with Crippen molar-refractivity contribution >= 4 is 17.5 Å². The molecule has 0 fully saturated rings. The monoisotopic (exact) mass is 361 g/mol. The highest BCUT2D eigenvalue weighted by atomic mass is 16.2. The number of hydrogen-bond donors (Lipinski definition) is 1. The van der Waals surface area contributed by atoms with E-state index in [1.165, 1.54) is 0 Å². The Morgan fingerprint density at radius 3 is 2.89 bits per heavy atom. The Morgan fingerprint density at radius 2 is 2.07 bits per heavy atom. The number of nitrogens with two attached hydrogens (primary N) is 1. The van der Waals surface area contributed by atoms with Crippen molar-refractivity contribution in [2.75, 3.05) is 17.2 Å². The van der Waals surface area contributed by atoms with Crippen LogP contribution in [0.3, 0.4) is 0 Å². The van der Waals surface area contributed by atoms with Gasteiger partial charge < -0.3 is 10.3 Å². The van der Waals surface area contributed by atoms with E-state index in [2.05, 4.69) is 9.55 Å². The van der Waals surface area contributed by atoms with Gasteiger partial charge in [0.25, 0.3) is 0 Å². The largest absolute Gasteiger partial charge is 0.399 e. The van der Waals surface area contributed by atoms with Crippen LogP contribution in [-0.4, -0.2) is 27.0 Å². The van der Waals surface area contributed by atoms with Crippen LogP contribution in [0.15, 0.2) is 54.9 Å². The Balaban J connectivity index is 1.47. The number of aryl methyl sites for hydroxylation is 2. The molecule has 0 saturated heterocycles. The first kappa shape index (κ1) is 17.3. The van der Waals surface area contributed by atoms with Gasteiger partial charge in [0.1, 0.15) is 0 Å². The Morgan fingerprint density at radius 1 is 1.15 bits per heavy atom. The van der Waals surface area contributed by atoms with E-state index < -0.39 is 0 Å². The van der Waals surface area contributed by atoms with E-state index in [0.717, 1.165) is 55.3 Å². The van der Waals surface area contributed by atoms with Gasteiger partial charge in [-0.25, -0.2) is 4.98 Å². The zero-order chi connectivity index (χ0) is 18.6. The molecule has 6 heteroatoms. The molecule has 0 saturated carbocycles. The zero-order valence-corrected chi connectivity index (χ0v) is 15.2. The number of carbonyl (C=O) groups is 1. The van der Waals surface area contributed by atoms with Crippen LogP contribution < -0.4 is 10.6 Å². The Kier molecular flexibility index (Phi) is 4.87. The van der Waals surface area contributed by atoms with Crippen LogP contribution in [0.4, 0.5) is 11.6 Å². The molecule has 0 bridgehead atoms. The second-order valence-electron chi connectivity index (χ2n) is 6.82. The third-order valence-corrected chi connectivity index (χ3v) is 4.81. The number of hydrogen-bond acceptors (Lipinski definition) is 4. The summed E-state index contributed by atoms with van der Waals surface area (Å²) in [5, 5.41) is 0. The number of benzene rings is 1. The Hall–Kier alpha value is -3.15. The SMILES string of the molecule is Nc1cccc(-c2cn3c(n2)N(C(=O)CCCc2ccccn2)CCC3)c1. The summed E-state index contributed by atoms with van der Waals surface area (Å²) >= 11 is 0. The third-order valence-electron chi connectivity index (χ3n) is 4.81. The molecule has 0 aliphatic carbocycles. The summed E-state index contributed by atoms with van der Waals surface area (Å²) in [7, 11) is 0. The van der Waals surface area contributed by atoms with Gasteiger partial charge in [0.05, 0.1) is 5.69 Å². The highest BCUT2D eigenvalue weighted by Crippen LogP contribution is 2.27. The molecule has 0 radical (unpaired) electrons. The fraction of sp³-hybridized carbons (Fsp3) is 0.286. The molecule has 27 heavy (non-hydrogen) atoms. The first-order chi connectivity index (χ1) is 13.2. The lowest BCUT2D eigenvalue weighted by Crippen LogP contribution is -2.37. The molecule has 2 aromatic heterocycles. The van der Waals surface area contributed by atoms with Gasteiger partial charge in [0.2, 0.25) is 11.9 Å². The lowest BCUT2D eigenvalue weighted by atomic mass is 10.1. The minimum absolute atomic E-state index is 0.122. The summed E-state index contributed by atoms with van der Waals surface area (Å²) in [6.07, 6.45) is 6.83. The number of nitrogen functional groups attached to an aromatic ring is 1. The first-order valence-corrected chi connectivity index (χ1v) is 9.34. The van der Waals surface area contributed by atoms with Gasteiger partial charge in [-0.3, -0.25) is 14.7 Å². The summed E-state index contributed by atoms with van der Waals surface area (Å²) in [5.74, 6) is 0.859. The molecule has 3 aromatic rings. The number of aromatic nitrogens is 3. The van der Waals surface area contributed by atoms with E-state index in [-0.39, 0.29) is 5.91 Å². The van der Waals surface area contributed by atoms with Crippen LogP contribution in [0.2, 0.25) is 0 Å². The van der Waals surface area contributed by atoms with Crippen molar-refractivity contribution in [3.63, 3.8) is 0 Å². The summed E-state index contributed by atoms with van der Waals surface area (Å²) in [4.78, 5) is 23.6. The van der Waals surface area contributed by atoms with Gasteiger partial charge in [0, 0.05) is 48.8 Å². The van der Waals surface area contributed by atoms with Crippen molar-refractivity contribution < 1.29 is 4.79 Å². The molecule has 1 aromatic carbocycles. The number of carbonyl (C=O) groups excluding carboxylic acids is 1. The number of anilines is 2. The second-order valence-corrected chi connectivity index (χ2v) is 6.82. The quantitative estimate of drug-likeness (QED) is 0.708. The van der Waals surface area contributed by atoms with Crippen molar-refractivity contribution in [3.8, 4) is 11.3 Å². The molecule has 1 amide bonds. The van der Waals surface area contributed by atoms with Gasteiger partial charge in [-0.15, -0.1) is 0 Å². The summed E-state index contributed by atoms with van der Waals surface area (Å²) in [6, 6.07) is 13.6. The molecule has 4 rings (SSSR count). The summed E-state index contributed by atoms with van der Waals surface area (Å²) < 4.78 is 2.07. The maximum absolute atomic E-state index is 12.8. The van der Waals surface area contributed by atoms with Gasteiger partial charge >= 0.3 is 0 Å². The lowest BCUT2D eigenvalue weighted by molar-refractivity contribution is -0.118. The van der Waals surface area contributed by atoms with E-state index in [9.17, 15) is 4.79 Å². The third kappa shape index (κ3) is 3.84. The van der Waals surface area contributed by atoms with E-state index in [1.54, 1.807) is 6.20 Å². The predicted molar refractivity (Wildman–Crippen MR) is 106 cm³/mol. The van der Waals surface area contributed by atoms with E-state index in [1.807, 2.05) is 53.6 Å². The number of pyridine rings is 1. The van der Waals surface area contributed by atoms with Crippen LogP contribution in [0.5, 0.6) is 0 Å². The van der Waals surface area contributed by atoms with Crippen LogP contribution in [0, 0.1) is 0 Å². The lowest BCUT2D eigenvalue weighted by Gasteiger charge is -2.27. The second kappa shape index (κ2) is 7.61. The van der Waals surface area contributed by atoms with E-state index in [4.69, 9.17) is 10.7 Å². The number of amides is 1. The van der Waals surface area contributed by atoms with Gasteiger partial charge in [-0.1, -0.05) is 18.2 Å². The smallest absolute Gasteiger partial charge is 0.229 e. The minimum atomic E-state index is 0.122. The molecular weight excluding hydrogens is 338 g/mol. The van der Waals surface area contributed by atoms with Gasteiger partial charge in [-0.05, 0) is 43.5 Å². The fourth-order valence-corrected chi connectivity index (χ4v) is 3.46. The highest BCUT2D eigenvalue weighted by Gasteiger charge is 2.25. The van der Waals surface area contributed by atoms with Gasteiger partial charge in [0.15, 0.2) is 0 Å². The molecule has 1 aliphatic heterocycles. The van der Waals surface area contributed by atoms with Crippen LogP contribution >= 0.6 is 0 Å². The average molecular weight is 361 g/mol. The topological polar surface area (TPSA) is 77.0 Å². The highest BCUT2D eigenvalue weighted by molar-refractivity contribution is 5.92. The van der Waals surface area contributed by atoms with Crippen LogP contribution in [-0.2, 0) is 17.8 Å². The van der Waals surface area contributed by atoms with Crippen LogP contribution in [0.1, 0.15) is 25.0 Å². The maximum Gasteiger partial charge on any atom is 0.229 e.